The number of aromatic carboxylic acids is 1. The first kappa shape index (κ1) is 19.0. The molecule has 2 N–H and O–H groups in total. The number of ether oxygens (including phenoxy) is 1. The molecule has 0 saturated heterocycles. The Labute approximate surface area is 137 Å². The molecular weight excluding hydrogens is 296 g/mol. The molecule has 0 spiro atoms. The standard InChI is InChI=1S/C18H26O5/c1-2-3-4-5-6-7-8-9-16(18(21)22)23-15-12-10-14(11-13-15)17(19)20/h10-13,16H,2-9H2,1H3,(H,19,20)(H,21,22). The molecular formula is C18H26O5. The van der Waals surface area contributed by atoms with Gasteiger partial charge >= 0.3 is 11.9 Å². The number of hydrogen-bond donors (Lipinski definition) is 2. The maximum absolute atomic E-state index is 11.3. The van der Waals surface area contributed by atoms with Gasteiger partial charge in [0.15, 0.2) is 6.10 Å². The molecule has 0 heterocycles. The molecule has 0 aliphatic carbocycles. The lowest BCUT2D eigenvalue weighted by Gasteiger charge is -2.15. The van der Waals surface area contributed by atoms with Crippen molar-refractivity contribution in [2.24, 2.45) is 0 Å². The maximum atomic E-state index is 11.3. The molecule has 0 fully saturated rings. The van der Waals surface area contributed by atoms with Gasteiger partial charge in [-0.05, 0) is 37.1 Å². The first-order valence-electron chi connectivity index (χ1n) is 8.27. The molecule has 23 heavy (non-hydrogen) atoms. The van der Waals surface area contributed by atoms with Crippen molar-refractivity contribution in [1.82, 2.24) is 0 Å². The van der Waals surface area contributed by atoms with Crippen molar-refractivity contribution in [3.8, 4) is 5.75 Å². The molecule has 0 aromatic heterocycles. The smallest absolute Gasteiger partial charge is 0.344 e. The minimum atomic E-state index is -1.02. The van der Waals surface area contributed by atoms with Crippen LogP contribution in [-0.4, -0.2) is 28.3 Å². The van der Waals surface area contributed by atoms with Gasteiger partial charge in [-0.2, -0.15) is 0 Å². The third-order valence-corrected chi connectivity index (χ3v) is 3.72. The molecule has 5 nitrogen and oxygen atoms in total. The Hall–Kier alpha value is -2.04. The van der Waals surface area contributed by atoms with Gasteiger partial charge in [0.2, 0.25) is 0 Å². The minimum Gasteiger partial charge on any atom is -0.479 e. The zero-order valence-corrected chi connectivity index (χ0v) is 13.7. The zero-order valence-electron chi connectivity index (χ0n) is 13.7. The van der Waals surface area contributed by atoms with Crippen LogP contribution >= 0.6 is 0 Å². The van der Waals surface area contributed by atoms with Crippen molar-refractivity contribution in [3.63, 3.8) is 0 Å². The summed E-state index contributed by atoms with van der Waals surface area (Å²) in [5.74, 6) is -1.63. The molecule has 0 aliphatic heterocycles. The van der Waals surface area contributed by atoms with E-state index in [1.54, 1.807) is 0 Å². The first-order valence-corrected chi connectivity index (χ1v) is 8.27. The molecule has 1 aromatic carbocycles. The number of benzene rings is 1. The normalized spacial score (nSPS) is 11.9. The summed E-state index contributed by atoms with van der Waals surface area (Å²) in [5.41, 5.74) is 0.149. The highest BCUT2D eigenvalue weighted by molar-refractivity contribution is 5.87. The average molecular weight is 322 g/mol. The summed E-state index contributed by atoms with van der Waals surface area (Å²) < 4.78 is 5.46. The van der Waals surface area contributed by atoms with Crippen LogP contribution in [0.4, 0.5) is 0 Å². The van der Waals surface area contributed by atoms with Crippen molar-refractivity contribution in [2.45, 2.75) is 64.4 Å². The van der Waals surface area contributed by atoms with E-state index in [4.69, 9.17) is 9.84 Å². The minimum absolute atomic E-state index is 0.149. The Morgan fingerprint density at radius 3 is 2.04 bits per heavy atom. The number of carboxylic acid groups (broad SMARTS) is 2. The molecule has 0 radical (unpaired) electrons. The van der Waals surface area contributed by atoms with Crippen LogP contribution in [0.2, 0.25) is 0 Å². The summed E-state index contributed by atoms with van der Waals surface area (Å²) >= 11 is 0. The van der Waals surface area contributed by atoms with Crippen LogP contribution in [0.15, 0.2) is 24.3 Å². The van der Waals surface area contributed by atoms with E-state index < -0.39 is 18.0 Å². The van der Waals surface area contributed by atoms with Crippen molar-refractivity contribution in [2.75, 3.05) is 0 Å². The van der Waals surface area contributed by atoms with Crippen LogP contribution in [0.1, 0.15) is 68.6 Å². The topological polar surface area (TPSA) is 83.8 Å². The fourth-order valence-electron chi connectivity index (χ4n) is 2.36. The van der Waals surface area contributed by atoms with Gasteiger partial charge in [-0.25, -0.2) is 9.59 Å². The van der Waals surface area contributed by atoms with E-state index in [-0.39, 0.29) is 5.56 Å². The number of carbonyl (C=O) groups is 2. The van der Waals surface area contributed by atoms with Gasteiger partial charge in [-0.3, -0.25) is 0 Å². The van der Waals surface area contributed by atoms with Crippen molar-refractivity contribution >= 4 is 11.9 Å². The van der Waals surface area contributed by atoms with E-state index in [0.717, 1.165) is 19.3 Å². The largest absolute Gasteiger partial charge is 0.479 e. The van der Waals surface area contributed by atoms with Gasteiger partial charge in [0.1, 0.15) is 5.75 Å². The lowest BCUT2D eigenvalue weighted by atomic mass is 10.1. The SMILES string of the molecule is CCCCCCCCCC(Oc1ccc(C(=O)O)cc1)C(=O)O. The highest BCUT2D eigenvalue weighted by Gasteiger charge is 2.19. The van der Waals surface area contributed by atoms with Gasteiger partial charge < -0.3 is 14.9 Å². The first-order chi connectivity index (χ1) is 11.0. The highest BCUT2D eigenvalue weighted by Crippen LogP contribution is 2.17. The zero-order chi connectivity index (χ0) is 17.1. The second-order valence-electron chi connectivity index (χ2n) is 5.68. The number of aliphatic carboxylic acids is 1. The molecule has 1 atom stereocenters. The summed E-state index contributed by atoms with van der Waals surface area (Å²) in [4.78, 5) is 22.0. The van der Waals surface area contributed by atoms with E-state index in [2.05, 4.69) is 6.92 Å². The summed E-state index contributed by atoms with van der Waals surface area (Å²) in [6.45, 7) is 2.18. The summed E-state index contributed by atoms with van der Waals surface area (Å²) in [5, 5.41) is 18.1. The third-order valence-electron chi connectivity index (χ3n) is 3.72. The molecule has 0 bridgehead atoms. The van der Waals surface area contributed by atoms with Crippen LogP contribution in [0.5, 0.6) is 5.75 Å². The summed E-state index contributed by atoms with van der Waals surface area (Å²) in [6, 6.07) is 5.79. The second-order valence-corrected chi connectivity index (χ2v) is 5.68. The summed E-state index contributed by atoms with van der Waals surface area (Å²) in [7, 11) is 0. The van der Waals surface area contributed by atoms with Crippen molar-refractivity contribution in [1.29, 1.82) is 0 Å². The van der Waals surface area contributed by atoms with E-state index in [1.165, 1.54) is 49.9 Å². The van der Waals surface area contributed by atoms with Crippen molar-refractivity contribution in [3.05, 3.63) is 29.8 Å². The Morgan fingerprint density at radius 1 is 0.957 bits per heavy atom. The maximum Gasteiger partial charge on any atom is 0.344 e. The summed E-state index contributed by atoms with van der Waals surface area (Å²) in [6.07, 6.45) is 7.44. The fourth-order valence-corrected chi connectivity index (χ4v) is 2.36. The Morgan fingerprint density at radius 2 is 1.52 bits per heavy atom. The molecule has 1 aromatic rings. The van der Waals surface area contributed by atoms with Gasteiger partial charge in [0, 0.05) is 0 Å². The van der Waals surface area contributed by atoms with E-state index in [0.29, 0.717) is 12.2 Å². The third kappa shape index (κ3) is 7.68. The molecule has 0 amide bonds. The molecule has 128 valence electrons. The van der Waals surface area contributed by atoms with Gasteiger partial charge in [-0.1, -0.05) is 45.4 Å². The number of rotatable bonds is 12. The van der Waals surface area contributed by atoms with E-state index in [9.17, 15) is 14.7 Å². The predicted molar refractivity (Wildman–Crippen MR) is 88.1 cm³/mol. The van der Waals surface area contributed by atoms with Gasteiger partial charge in [0.25, 0.3) is 0 Å². The van der Waals surface area contributed by atoms with Gasteiger partial charge in [-0.15, -0.1) is 0 Å². The monoisotopic (exact) mass is 322 g/mol. The average Bonchev–Trinajstić information content (AvgIpc) is 2.53. The number of unbranched alkanes of at least 4 members (excludes halogenated alkanes) is 6. The van der Waals surface area contributed by atoms with Crippen LogP contribution in [0.25, 0.3) is 0 Å². The van der Waals surface area contributed by atoms with Crippen LogP contribution in [-0.2, 0) is 4.79 Å². The Kier molecular flexibility index (Phi) is 8.80. The lowest BCUT2D eigenvalue weighted by Crippen LogP contribution is -2.26. The van der Waals surface area contributed by atoms with Crippen LogP contribution < -0.4 is 4.74 Å². The quantitative estimate of drug-likeness (QED) is 0.559. The van der Waals surface area contributed by atoms with Crippen LogP contribution in [0.3, 0.4) is 0 Å². The highest BCUT2D eigenvalue weighted by atomic mass is 16.5. The number of carboxylic acids is 2. The van der Waals surface area contributed by atoms with E-state index >= 15 is 0 Å². The van der Waals surface area contributed by atoms with Gasteiger partial charge in [0.05, 0.1) is 5.56 Å². The van der Waals surface area contributed by atoms with Crippen molar-refractivity contribution < 1.29 is 24.5 Å². The Bertz CT molecular complexity index is 481. The molecule has 5 heteroatoms. The molecule has 0 aliphatic rings. The van der Waals surface area contributed by atoms with E-state index in [1.807, 2.05) is 0 Å². The number of hydrogen-bond acceptors (Lipinski definition) is 3. The second kappa shape index (κ2) is 10.6. The lowest BCUT2D eigenvalue weighted by molar-refractivity contribution is -0.145. The van der Waals surface area contributed by atoms with Crippen LogP contribution in [0, 0.1) is 0 Å². The molecule has 0 saturated carbocycles. The predicted octanol–water partition coefficient (Wildman–Crippen LogP) is 4.36. The Balaban J connectivity index is 2.37. The molecule has 1 rings (SSSR count). The fraction of sp³-hybridized carbons (Fsp3) is 0.556. The molecule has 1 unspecified atom stereocenters.